The molecule has 1 fully saturated rings. The van der Waals surface area contributed by atoms with E-state index in [1.165, 1.54) is 11.1 Å². The molecule has 2 aromatic carbocycles. The normalized spacial score (nSPS) is 17.0. The van der Waals surface area contributed by atoms with Gasteiger partial charge in [0.1, 0.15) is 0 Å². The van der Waals surface area contributed by atoms with Gasteiger partial charge in [-0.15, -0.1) is 12.4 Å². The highest BCUT2D eigenvalue weighted by Gasteiger charge is 2.25. The summed E-state index contributed by atoms with van der Waals surface area (Å²) in [4.78, 5) is 15.0. The minimum atomic E-state index is 0. The fraction of sp³-hybridized carbons (Fsp3) is 0.409. The zero-order valence-electron chi connectivity index (χ0n) is 15.4. The Bertz CT molecular complexity index is 621. The van der Waals surface area contributed by atoms with Gasteiger partial charge in [0.2, 0.25) is 5.91 Å². The van der Waals surface area contributed by atoms with Crippen LogP contribution in [0.15, 0.2) is 60.7 Å². The van der Waals surface area contributed by atoms with Crippen LogP contribution in [-0.4, -0.2) is 36.5 Å². The summed E-state index contributed by atoms with van der Waals surface area (Å²) < 4.78 is 0. The SMILES string of the molecule is CC1CNCCN1C(=O)CC(Cc1ccccc1)Cc1ccccc1.Cl. The van der Waals surface area contributed by atoms with E-state index in [0.717, 1.165) is 32.5 Å². The number of benzene rings is 2. The van der Waals surface area contributed by atoms with Gasteiger partial charge in [-0.1, -0.05) is 60.7 Å². The van der Waals surface area contributed by atoms with Gasteiger partial charge < -0.3 is 10.2 Å². The molecule has 2 aromatic rings. The number of nitrogens with one attached hydrogen (secondary N) is 1. The van der Waals surface area contributed by atoms with E-state index >= 15 is 0 Å². The molecule has 1 N–H and O–H groups in total. The molecule has 0 bridgehead atoms. The first kappa shape index (κ1) is 20.5. The van der Waals surface area contributed by atoms with Crippen LogP contribution in [0.4, 0.5) is 0 Å². The molecule has 3 rings (SSSR count). The Balaban J connectivity index is 0.00000243. The van der Waals surface area contributed by atoms with E-state index in [0.29, 0.717) is 18.2 Å². The van der Waals surface area contributed by atoms with Gasteiger partial charge in [-0.3, -0.25) is 4.79 Å². The Hall–Kier alpha value is -1.84. The molecule has 1 heterocycles. The number of carbonyl (C=O) groups excluding carboxylic acids is 1. The monoisotopic (exact) mass is 372 g/mol. The van der Waals surface area contributed by atoms with Crippen molar-refractivity contribution in [1.82, 2.24) is 10.2 Å². The lowest BCUT2D eigenvalue weighted by Crippen LogP contribution is -2.52. The first-order chi connectivity index (χ1) is 12.2. The van der Waals surface area contributed by atoms with E-state index in [1.807, 2.05) is 12.1 Å². The number of rotatable bonds is 6. The topological polar surface area (TPSA) is 32.3 Å². The minimum Gasteiger partial charge on any atom is -0.337 e. The maximum absolute atomic E-state index is 12.9. The molecule has 0 radical (unpaired) electrons. The molecule has 0 saturated carbocycles. The smallest absolute Gasteiger partial charge is 0.223 e. The zero-order valence-corrected chi connectivity index (χ0v) is 16.3. The highest BCUT2D eigenvalue weighted by molar-refractivity contribution is 5.85. The summed E-state index contributed by atoms with van der Waals surface area (Å²) in [6.07, 6.45) is 2.51. The molecule has 1 atom stereocenters. The van der Waals surface area contributed by atoms with E-state index in [9.17, 15) is 4.79 Å². The van der Waals surface area contributed by atoms with Crippen molar-refractivity contribution in [2.75, 3.05) is 19.6 Å². The first-order valence-corrected chi connectivity index (χ1v) is 9.30. The Morgan fingerprint density at radius 1 is 1.04 bits per heavy atom. The fourth-order valence-corrected chi connectivity index (χ4v) is 3.69. The molecule has 1 amide bonds. The van der Waals surface area contributed by atoms with Crippen molar-refractivity contribution in [3.05, 3.63) is 71.8 Å². The summed E-state index contributed by atoms with van der Waals surface area (Å²) in [6.45, 7) is 4.75. The second-order valence-corrected chi connectivity index (χ2v) is 7.09. The molecule has 26 heavy (non-hydrogen) atoms. The largest absolute Gasteiger partial charge is 0.337 e. The van der Waals surface area contributed by atoms with E-state index in [2.05, 4.69) is 65.7 Å². The second-order valence-electron chi connectivity index (χ2n) is 7.09. The highest BCUT2D eigenvalue weighted by Crippen LogP contribution is 2.20. The van der Waals surface area contributed by atoms with Gasteiger partial charge >= 0.3 is 0 Å². The summed E-state index contributed by atoms with van der Waals surface area (Å²) in [7, 11) is 0. The fourth-order valence-electron chi connectivity index (χ4n) is 3.69. The molecule has 140 valence electrons. The predicted octanol–water partition coefficient (Wildman–Crippen LogP) is 3.72. The van der Waals surface area contributed by atoms with E-state index in [-0.39, 0.29) is 18.4 Å². The van der Waals surface area contributed by atoms with Crippen molar-refractivity contribution in [2.24, 2.45) is 5.92 Å². The van der Waals surface area contributed by atoms with Gasteiger partial charge in [-0.05, 0) is 36.8 Å². The second kappa shape index (κ2) is 10.3. The van der Waals surface area contributed by atoms with Gasteiger partial charge in [-0.25, -0.2) is 0 Å². The maximum Gasteiger partial charge on any atom is 0.223 e. The van der Waals surface area contributed by atoms with Crippen LogP contribution in [0.2, 0.25) is 0 Å². The lowest BCUT2D eigenvalue weighted by Gasteiger charge is -2.35. The van der Waals surface area contributed by atoms with Crippen LogP contribution in [0.3, 0.4) is 0 Å². The Morgan fingerprint density at radius 3 is 2.08 bits per heavy atom. The number of amides is 1. The van der Waals surface area contributed by atoms with Crippen LogP contribution in [0.5, 0.6) is 0 Å². The third kappa shape index (κ3) is 5.86. The van der Waals surface area contributed by atoms with Gasteiger partial charge in [0.25, 0.3) is 0 Å². The van der Waals surface area contributed by atoms with Gasteiger partial charge in [0.15, 0.2) is 0 Å². The molecule has 1 unspecified atom stereocenters. The van der Waals surface area contributed by atoms with E-state index in [1.54, 1.807) is 0 Å². The number of carbonyl (C=O) groups is 1. The van der Waals surface area contributed by atoms with Crippen molar-refractivity contribution >= 4 is 18.3 Å². The zero-order chi connectivity index (χ0) is 17.5. The Labute approximate surface area is 163 Å². The number of halogens is 1. The Kier molecular flexibility index (Phi) is 8.14. The van der Waals surface area contributed by atoms with Crippen LogP contribution in [0.25, 0.3) is 0 Å². The molecule has 0 aliphatic carbocycles. The van der Waals surface area contributed by atoms with Crippen LogP contribution in [0.1, 0.15) is 24.5 Å². The van der Waals surface area contributed by atoms with Crippen molar-refractivity contribution in [1.29, 1.82) is 0 Å². The minimum absolute atomic E-state index is 0. The third-order valence-corrected chi connectivity index (χ3v) is 5.02. The maximum atomic E-state index is 12.9. The van der Waals surface area contributed by atoms with Crippen molar-refractivity contribution in [3.63, 3.8) is 0 Å². The summed E-state index contributed by atoms with van der Waals surface area (Å²) in [5.74, 6) is 0.630. The number of piperazine rings is 1. The molecular formula is C22H29ClN2O. The van der Waals surface area contributed by atoms with Gasteiger partial charge in [-0.2, -0.15) is 0 Å². The average Bonchev–Trinajstić information content (AvgIpc) is 2.63. The number of hydrogen-bond donors (Lipinski definition) is 1. The standard InChI is InChI=1S/C22H28N2O.ClH/c1-18-17-23-12-13-24(18)22(25)16-21(14-19-8-4-2-5-9-19)15-20-10-6-3-7-11-20;/h2-11,18,21,23H,12-17H2,1H3;1H. The molecule has 4 heteroatoms. The number of nitrogens with zero attached hydrogens (tertiary/aromatic N) is 1. The molecule has 3 nitrogen and oxygen atoms in total. The van der Waals surface area contributed by atoms with Crippen LogP contribution in [0, 0.1) is 5.92 Å². The predicted molar refractivity (Wildman–Crippen MR) is 110 cm³/mol. The Morgan fingerprint density at radius 2 is 1.58 bits per heavy atom. The van der Waals surface area contributed by atoms with Gasteiger partial charge in [0, 0.05) is 32.1 Å². The van der Waals surface area contributed by atoms with Crippen LogP contribution < -0.4 is 5.32 Å². The quantitative estimate of drug-likeness (QED) is 0.838. The first-order valence-electron chi connectivity index (χ1n) is 9.30. The van der Waals surface area contributed by atoms with Gasteiger partial charge in [0.05, 0.1) is 0 Å². The van der Waals surface area contributed by atoms with Crippen molar-refractivity contribution in [2.45, 2.75) is 32.2 Å². The lowest BCUT2D eigenvalue weighted by molar-refractivity contribution is -0.135. The number of hydrogen-bond acceptors (Lipinski definition) is 2. The van der Waals surface area contributed by atoms with E-state index < -0.39 is 0 Å². The highest BCUT2D eigenvalue weighted by atomic mass is 35.5. The summed E-state index contributed by atoms with van der Waals surface area (Å²) in [5.41, 5.74) is 2.62. The lowest BCUT2D eigenvalue weighted by atomic mass is 9.89. The van der Waals surface area contributed by atoms with Crippen LogP contribution in [-0.2, 0) is 17.6 Å². The third-order valence-electron chi connectivity index (χ3n) is 5.02. The average molecular weight is 373 g/mol. The molecule has 0 aromatic heterocycles. The molecule has 1 aliphatic heterocycles. The molecule has 1 saturated heterocycles. The van der Waals surface area contributed by atoms with Crippen molar-refractivity contribution in [3.8, 4) is 0 Å². The summed E-state index contributed by atoms with van der Waals surface area (Å²) in [6, 6.07) is 21.3. The van der Waals surface area contributed by atoms with Crippen molar-refractivity contribution < 1.29 is 4.79 Å². The summed E-state index contributed by atoms with van der Waals surface area (Å²) in [5, 5.41) is 3.36. The molecular weight excluding hydrogens is 344 g/mol. The van der Waals surface area contributed by atoms with E-state index in [4.69, 9.17) is 0 Å². The van der Waals surface area contributed by atoms with Crippen LogP contribution >= 0.6 is 12.4 Å². The summed E-state index contributed by atoms with van der Waals surface area (Å²) >= 11 is 0. The molecule has 0 spiro atoms. The molecule has 1 aliphatic rings.